The fraction of sp³-hybridized carbons (Fsp3) is 0.636. The number of esters is 2. The second-order valence-corrected chi connectivity index (χ2v) is 8.30. The van der Waals surface area contributed by atoms with E-state index in [0.717, 1.165) is 12.8 Å². The standard InChI is InChI=1S/C22H31Cl3O4/c1-2-3-4-5-6-7-8-9-10-14-28-20(26)12-11-13-21(27)29-19-16-17(23)15-18(24)22(19)25/h15-16H,2-14H2,1H3. The zero-order valence-electron chi connectivity index (χ0n) is 17.1. The number of unbranched alkanes of at least 4 members (excludes halogenated alkanes) is 8. The van der Waals surface area contributed by atoms with Gasteiger partial charge < -0.3 is 9.47 Å². The van der Waals surface area contributed by atoms with Crippen molar-refractivity contribution in [2.24, 2.45) is 0 Å². The van der Waals surface area contributed by atoms with Crippen molar-refractivity contribution >= 4 is 46.7 Å². The number of carbonyl (C=O) groups excluding carboxylic acids is 2. The Labute approximate surface area is 189 Å². The molecule has 0 radical (unpaired) electrons. The van der Waals surface area contributed by atoms with Crippen molar-refractivity contribution in [3.63, 3.8) is 0 Å². The van der Waals surface area contributed by atoms with Gasteiger partial charge in [0.15, 0.2) is 5.75 Å². The number of benzene rings is 1. The highest BCUT2D eigenvalue weighted by Gasteiger charge is 2.13. The molecule has 0 unspecified atom stereocenters. The minimum absolute atomic E-state index is 0.0770. The third-order valence-corrected chi connectivity index (χ3v) is 5.46. The van der Waals surface area contributed by atoms with Crippen LogP contribution in [0.3, 0.4) is 0 Å². The van der Waals surface area contributed by atoms with Crippen LogP contribution in [0.15, 0.2) is 12.1 Å². The van der Waals surface area contributed by atoms with Gasteiger partial charge in [0.1, 0.15) is 5.02 Å². The SMILES string of the molecule is CCCCCCCCCCCOC(=O)CCCC(=O)Oc1cc(Cl)cc(Cl)c1Cl. The second kappa shape index (κ2) is 15.8. The Morgan fingerprint density at radius 3 is 2.03 bits per heavy atom. The molecule has 4 nitrogen and oxygen atoms in total. The van der Waals surface area contributed by atoms with Crippen LogP contribution in [-0.4, -0.2) is 18.5 Å². The van der Waals surface area contributed by atoms with E-state index in [4.69, 9.17) is 44.3 Å². The molecule has 0 aromatic heterocycles. The summed E-state index contributed by atoms with van der Waals surface area (Å²) in [5.74, 6) is -0.680. The second-order valence-electron chi connectivity index (χ2n) is 7.08. The van der Waals surface area contributed by atoms with Crippen molar-refractivity contribution in [1.82, 2.24) is 0 Å². The highest BCUT2D eigenvalue weighted by molar-refractivity contribution is 6.44. The molecule has 7 heteroatoms. The predicted octanol–water partition coefficient (Wildman–Crippen LogP) is 7.80. The summed E-state index contributed by atoms with van der Waals surface area (Å²) in [6, 6.07) is 2.89. The molecule has 0 saturated heterocycles. The molecule has 0 aliphatic carbocycles. The molecule has 164 valence electrons. The van der Waals surface area contributed by atoms with Gasteiger partial charge in [-0.05, 0) is 18.9 Å². The quantitative estimate of drug-likeness (QED) is 0.115. The van der Waals surface area contributed by atoms with Crippen molar-refractivity contribution in [3.05, 3.63) is 27.2 Å². The number of hydrogen-bond donors (Lipinski definition) is 0. The van der Waals surface area contributed by atoms with E-state index in [1.165, 1.54) is 57.1 Å². The van der Waals surface area contributed by atoms with Gasteiger partial charge in [0, 0.05) is 23.9 Å². The lowest BCUT2D eigenvalue weighted by atomic mass is 10.1. The molecule has 0 heterocycles. The Bertz CT molecular complexity index is 635. The molecule has 1 aromatic carbocycles. The molecule has 0 aliphatic rings. The van der Waals surface area contributed by atoms with E-state index in [-0.39, 0.29) is 34.6 Å². The van der Waals surface area contributed by atoms with Crippen LogP contribution in [0.2, 0.25) is 15.1 Å². The van der Waals surface area contributed by atoms with E-state index in [9.17, 15) is 9.59 Å². The first-order valence-electron chi connectivity index (χ1n) is 10.4. The minimum Gasteiger partial charge on any atom is -0.466 e. The normalized spacial score (nSPS) is 10.8. The number of ether oxygens (including phenoxy) is 2. The van der Waals surface area contributed by atoms with Crippen LogP contribution in [0.1, 0.15) is 84.0 Å². The summed E-state index contributed by atoms with van der Waals surface area (Å²) < 4.78 is 10.4. The maximum Gasteiger partial charge on any atom is 0.311 e. The first kappa shape index (κ1) is 26.1. The molecule has 1 rings (SSSR count). The summed E-state index contributed by atoms with van der Waals surface area (Å²) in [7, 11) is 0. The van der Waals surface area contributed by atoms with Crippen LogP contribution in [0.4, 0.5) is 0 Å². The van der Waals surface area contributed by atoms with Gasteiger partial charge in [-0.15, -0.1) is 0 Å². The monoisotopic (exact) mass is 464 g/mol. The third-order valence-electron chi connectivity index (χ3n) is 4.46. The molecule has 1 aromatic rings. The third kappa shape index (κ3) is 12.3. The van der Waals surface area contributed by atoms with Crippen molar-refractivity contribution in [2.75, 3.05) is 6.61 Å². The highest BCUT2D eigenvalue weighted by atomic mass is 35.5. The summed E-state index contributed by atoms with van der Waals surface area (Å²) in [6.07, 6.45) is 11.6. The van der Waals surface area contributed by atoms with E-state index in [1.807, 2.05) is 0 Å². The molecule has 0 N–H and O–H groups in total. The molecule has 0 amide bonds. The van der Waals surface area contributed by atoms with Crippen molar-refractivity contribution in [3.8, 4) is 5.75 Å². The average Bonchev–Trinajstić information content (AvgIpc) is 2.67. The fourth-order valence-corrected chi connectivity index (χ4v) is 3.45. The molecular formula is C22H31Cl3O4. The number of rotatable bonds is 15. The van der Waals surface area contributed by atoms with Crippen molar-refractivity contribution in [2.45, 2.75) is 84.0 Å². The van der Waals surface area contributed by atoms with Gasteiger partial charge in [0.05, 0.1) is 11.6 Å². The minimum atomic E-state index is -0.503. The van der Waals surface area contributed by atoms with Crippen LogP contribution in [-0.2, 0) is 14.3 Å². The molecule has 0 atom stereocenters. The van der Waals surface area contributed by atoms with Gasteiger partial charge in [-0.1, -0.05) is 93.1 Å². The molecule has 0 spiro atoms. The molecule has 0 aliphatic heterocycles. The smallest absolute Gasteiger partial charge is 0.311 e. The highest BCUT2D eigenvalue weighted by Crippen LogP contribution is 2.35. The topological polar surface area (TPSA) is 52.6 Å². The number of halogens is 3. The fourth-order valence-electron chi connectivity index (χ4n) is 2.83. The first-order valence-corrected chi connectivity index (χ1v) is 11.6. The summed E-state index contributed by atoms with van der Waals surface area (Å²) in [4.78, 5) is 23.6. The zero-order valence-corrected chi connectivity index (χ0v) is 19.4. The van der Waals surface area contributed by atoms with Crippen LogP contribution in [0.25, 0.3) is 0 Å². The number of carbonyl (C=O) groups is 2. The molecule has 29 heavy (non-hydrogen) atoms. The Hall–Kier alpha value is -0.970. The maximum atomic E-state index is 11.9. The number of hydrogen-bond acceptors (Lipinski definition) is 4. The van der Waals surface area contributed by atoms with Gasteiger partial charge in [-0.25, -0.2) is 0 Å². The summed E-state index contributed by atoms with van der Waals surface area (Å²) >= 11 is 17.7. The lowest BCUT2D eigenvalue weighted by Gasteiger charge is -2.08. The van der Waals surface area contributed by atoms with Gasteiger partial charge in [0.25, 0.3) is 0 Å². The lowest BCUT2D eigenvalue weighted by molar-refractivity contribution is -0.144. The molecule has 0 fully saturated rings. The molecule has 0 bridgehead atoms. The molecule has 0 saturated carbocycles. The van der Waals surface area contributed by atoms with Crippen LogP contribution < -0.4 is 4.74 Å². The van der Waals surface area contributed by atoms with Crippen LogP contribution in [0, 0.1) is 0 Å². The maximum absolute atomic E-state index is 11.9. The van der Waals surface area contributed by atoms with Crippen LogP contribution in [0.5, 0.6) is 5.75 Å². The lowest BCUT2D eigenvalue weighted by Crippen LogP contribution is -2.11. The van der Waals surface area contributed by atoms with E-state index in [1.54, 1.807) is 0 Å². The van der Waals surface area contributed by atoms with Crippen LogP contribution >= 0.6 is 34.8 Å². The Balaban J connectivity index is 2.06. The first-order chi connectivity index (χ1) is 13.9. The average molecular weight is 466 g/mol. The van der Waals surface area contributed by atoms with E-state index >= 15 is 0 Å². The summed E-state index contributed by atoms with van der Waals surface area (Å²) in [5.41, 5.74) is 0. The molecular weight excluding hydrogens is 435 g/mol. The Morgan fingerprint density at radius 2 is 1.38 bits per heavy atom. The Kier molecular flexibility index (Phi) is 14.2. The van der Waals surface area contributed by atoms with E-state index in [2.05, 4.69) is 6.92 Å². The van der Waals surface area contributed by atoms with Crippen molar-refractivity contribution in [1.29, 1.82) is 0 Å². The van der Waals surface area contributed by atoms with Crippen molar-refractivity contribution < 1.29 is 19.1 Å². The van der Waals surface area contributed by atoms with E-state index < -0.39 is 5.97 Å². The summed E-state index contributed by atoms with van der Waals surface area (Å²) in [5, 5.41) is 0.661. The van der Waals surface area contributed by atoms with Gasteiger partial charge in [-0.3, -0.25) is 9.59 Å². The zero-order chi connectivity index (χ0) is 21.5. The van der Waals surface area contributed by atoms with Gasteiger partial charge >= 0.3 is 11.9 Å². The summed E-state index contributed by atoms with van der Waals surface area (Å²) in [6.45, 7) is 2.66. The predicted molar refractivity (Wildman–Crippen MR) is 119 cm³/mol. The largest absolute Gasteiger partial charge is 0.466 e. The Morgan fingerprint density at radius 1 is 0.793 bits per heavy atom. The van der Waals surface area contributed by atoms with Gasteiger partial charge in [-0.2, -0.15) is 0 Å². The van der Waals surface area contributed by atoms with E-state index in [0.29, 0.717) is 18.1 Å². The van der Waals surface area contributed by atoms with Gasteiger partial charge in [0.2, 0.25) is 0 Å².